The lowest BCUT2D eigenvalue weighted by atomic mass is 9.78. The van der Waals surface area contributed by atoms with Gasteiger partial charge in [0.25, 0.3) is 0 Å². The maximum Gasteiger partial charge on any atom is 0.306 e. The van der Waals surface area contributed by atoms with Crippen molar-refractivity contribution >= 4 is 21.9 Å². The van der Waals surface area contributed by atoms with Gasteiger partial charge < -0.3 is 10.4 Å². The highest BCUT2D eigenvalue weighted by Crippen LogP contribution is 2.41. The molecule has 0 unspecified atom stereocenters. The number of hydrogen-bond acceptors (Lipinski definition) is 2. The van der Waals surface area contributed by atoms with Gasteiger partial charge in [0.05, 0.1) is 5.92 Å². The molecule has 3 nitrogen and oxygen atoms in total. The summed E-state index contributed by atoms with van der Waals surface area (Å²) in [5.74, 6) is -0.747. The molecule has 2 saturated carbocycles. The number of rotatable bonds is 5. The van der Waals surface area contributed by atoms with Crippen LogP contribution in [0, 0.1) is 5.92 Å². The van der Waals surface area contributed by atoms with Gasteiger partial charge in [-0.3, -0.25) is 4.79 Å². The predicted octanol–water partition coefficient (Wildman–Crippen LogP) is 4.49. The van der Waals surface area contributed by atoms with Crippen LogP contribution in [0.2, 0.25) is 0 Å². The summed E-state index contributed by atoms with van der Waals surface area (Å²) in [7, 11) is 0. The maximum atomic E-state index is 11.1. The first-order valence-electron chi connectivity index (χ1n) is 8.81. The summed E-state index contributed by atoms with van der Waals surface area (Å²) < 4.78 is 1.16. The quantitative estimate of drug-likeness (QED) is 0.791. The smallest absolute Gasteiger partial charge is 0.306 e. The second-order valence-corrected chi connectivity index (χ2v) is 8.18. The maximum absolute atomic E-state index is 11.1. The Kier molecular flexibility index (Phi) is 5.42. The summed E-state index contributed by atoms with van der Waals surface area (Å²) >= 11 is 3.61. The molecule has 2 fully saturated rings. The molecule has 1 aromatic carbocycles. The molecule has 1 aromatic rings. The minimum Gasteiger partial charge on any atom is -0.481 e. The minimum atomic E-state index is -0.621. The van der Waals surface area contributed by atoms with Gasteiger partial charge in [-0.2, -0.15) is 0 Å². The van der Waals surface area contributed by atoms with Crippen LogP contribution in [-0.4, -0.2) is 23.7 Å². The van der Waals surface area contributed by atoms with Crippen molar-refractivity contribution < 1.29 is 9.90 Å². The van der Waals surface area contributed by atoms with E-state index in [2.05, 4.69) is 45.5 Å². The Morgan fingerprint density at radius 1 is 1.22 bits per heavy atom. The van der Waals surface area contributed by atoms with Crippen LogP contribution in [-0.2, 0) is 10.2 Å². The number of carboxylic acid groups (broad SMARTS) is 1. The highest BCUT2D eigenvalue weighted by atomic mass is 79.9. The van der Waals surface area contributed by atoms with E-state index in [0.717, 1.165) is 36.7 Å². The van der Waals surface area contributed by atoms with E-state index >= 15 is 0 Å². The molecule has 0 spiro atoms. The van der Waals surface area contributed by atoms with E-state index in [9.17, 15) is 4.79 Å². The van der Waals surface area contributed by atoms with Crippen molar-refractivity contribution in [3.63, 3.8) is 0 Å². The molecule has 23 heavy (non-hydrogen) atoms. The molecule has 126 valence electrons. The molecule has 0 heterocycles. The molecular formula is C19H26BrNO2. The van der Waals surface area contributed by atoms with E-state index in [-0.39, 0.29) is 11.3 Å². The molecule has 3 rings (SSSR count). The van der Waals surface area contributed by atoms with Gasteiger partial charge in [0.1, 0.15) is 0 Å². The molecular weight excluding hydrogens is 354 g/mol. The molecule has 0 saturated heterocycles. The second-order valence-electron chi connectivity index (χ2n) is 7.27. The molecule has 2 N–H and O–H groups in total. The van der Waals surface area contributed by atoms with Crippen LogP contribution in [0.25, 0.3) is 0 Å². The summed E-state index contributed by atoms with van der Waals surface area (Å²) in [6.45, 7) is 1.02. The van der Waals surface area contributed by atoms with Crippen molar-refractivity contribution in [1.82, 2.24) is 5.32 Å². The normalized spacial score (nSPS) is 27.0. The van der Waals surface area contributed by atoms with Gasteiger partial charge in [0.15, 0.2) is 0 Å². The van der Waals surface area contributed by atoms with E-state index in [0.29, 0.717) is 6.04 Å². The fourth-order valence-electron chi connectivity index (χ4n) is 4.32. The average molecular weight is 380 g/mol. The summed E-state index contributed by atoms with van der Waals surface area (Å²) in [4.78, 5) is 11.1. The van der Waals surface area contributed by atoms with Crippen LogP contribution >= 0.6 is 15.9 Å². The highest BCUT2D eigenvalue weighted by Gasteiger charge is 2.36. The van der Waals surface area contributed by atoms with Crippen molar-refractivity contribution in [2.75, 3.05) is 6.54 Å². The number of nitrogens with one attached hydrogen (secondary N) is 1. The first kappa shape index (κ1) is 17.0. The van der Waals surface area contributed by atoms with E-state index in [4.69, 9.17) is 5.11 Å². The predicted molar refractivity (Wildman–Crippen MR) is 95.7 cm³/mol. The van der Waals surface area contributed by atoms with E-state index in [1.807, 2.05) is 0 Å². The van der Waals surface area contributed by atoms with Crippen LogP contribution in [0.1, 0.15) is 56.9 Å². The molecule has 0 atom stereocenters. The topological polar surface area (TPSA) is 49.3 Å². The van der Waals surface area contributed by atoms with Crippen molar-refractivity contribution in [2.45, 2.75) is 62.8 Å². The molecule has 4 heteroatoms. The molecule has 0 aliphatic heterocycles. The molecule has 2 aliphatic rings. The summed E-state index contributed by atoms with van der Waals surface area (Å²) in [5.41, 5.74) is 1.70. The number of halogens is 1. The van der Waals surface area contributed by atoms with Crippen molar-refractivity contribution in [3.8, 4) is 0 Å². The van der Waals surface area contributed by atoms with Crippen molar-refractivity contribution in [3.05, 3.63) is 34.3 Å². The van der Waals surface area contributed by atoms with Crippen molar-refractivity contribution in [2.24, 2.45) is 5.92 Å². The average Bonchev–Trinajstić information content (AvgIpc) is 3.03. The Balaban J connectivity index is 1.62. The van der Waals surface area contributed by atoms with E-state index in [1.165, 1.54) is 31.2 Å². The molecule has 0 bridgehead atoms. The van der Waals surface area contributed by atoms with Crippen LogP contribution in [0.4, 0.5) is 0 Å². The lowest BCUT2D eigenvalue weighted by Crippen LogP contribution is -2.43. The molecule has 0 aromatic heterocycles. The SMILES string of the molecule is O=C(O)C1CCC(NCC2(c3cccc(Br)c3)CCCC2)CC1. The largest absolute Gasteiger partial charge is 0.481 e. The lowest BCUT2D eigenvalue weighted by molar-refractivity contribution is -0.142. The van der Waals surface area contributed by atoms with Gasteiger partial charge in [0.2, 0.25) is 0 Å². The zero-order chi connectivity index (χ0) is 16.3. The van der Waals surface area contributed by atoms with E-state index < -0.39 is 5.97 Å². The molecule has 0 amide bonds. The number of carbonyl (C=O) groups is 1. The zero-order valence-corrected chi connectivity index (χ0v) is 15.1. The summed E-state index contributed by atoms with van der Waals surface area (Å²) in [6, 6.07) is 9.24. The standard InChI is InChI=1S/C19H26BrNO2/c20-16-5-3-4-15(12-16)19(10-1-2-11-19)13-21-17-8-6-14(7-9-17)18(22)23/h3-5,12,14,17,21H,1-2,6-11,13H2,(H,22,23). The Morgan fingerprint density at radius 3 is 2.52 bits per heavy atom. The third-order valence-corrected chi connectivity index (χ3v) is 6.30. The van der Waals surface area contributed by atoms with Crippen LogP contribution in [0.5, 0.6) is 0 Å². The number of benzene rings is 1. The van der Waals surface area contributed by atoms with Crippen LogP contribution in [0.3, 0.4) is 0 Å². The monoisotopic (exact) mass is 379 g/mol. The first-order chi connectivity index (χ1) is 11.1. The third kappa shape index (κ3) is 3.97. The number of aliphatic carboxylic acids is 1. The Hall–Kier alpha value is -0.870. The van der Waals surface area contributed by atoms with Gasteiger partial charge in [-0.15, -0.1) is 0 Å². The summed E-state index contributed by atoms with van der Waals surface area (Å²) in [5, 5.41) is 12.9. The molecule has 2 aliphatic carbocycles. The molecule has 0 radical (unpaired) electrons. The fraction of sp³-hybridized carbons (Fsp3) is 0.632. The minimum absolute atomic E-state index is 0.126. The van der Waals surface area contributed by atoms with Gasteiger partial charge in [-0.05, 0) is 56.2 Å². The lowest BCUT2D eigenvalue weighted by Gasteiger charge is -2.34. The Bertz CT molecular complexity index is 546. The van der Waals surface area contributed by atoms with Crippen LogP contribution in [0.15, 0.2) is 28.7 Å². The van der Waals surface area contributed by atoms with Crippen molar-refractivity contribution in [1.29, 1.82) is 0 Å². The Morgan fingerprint density at radius 2 is 1.91 bits per heavy atom. The fourth-order valence-corrected chi connectivity index (χ4v) is 4.72. The van der Waals surface area contributed by atoms with Gasteiger partial charge in [-0.25, -0.2) is 0 Å². The first-order valence-corrected chi connectivity index (χ1v) is 9.61. The third-order valence-electron chi connectivity index (χ3n) is 5.80. The highest BCUT2D eigenvalue weighted by molar-refractivity contribution is 9.10. The summed E-state index contributed by atoms with van der Waals surface area (Å²) in [6.07, 6.45) is 8.73. The van der Waals surface area contributed by atoms with Gasteiger partial charge in [0, 0.05) is 22.5 Å². The Labute approximate surface area is 147 Å². The van der Waals surface area contributed by atoms with Gasteiger partial charge >= 0.3 is 5.97 Å². The van der Waals surface area contributed by atoms with E-state index in [1.54, 1.807) is 0 Å². The zero-order valence-electron chi connectivity index (χ0n) is 13.6. The van der Waals surface area contributed by atoms with Gasteiger partial charge in [-0.1, -0.05) is 40.9 Å². The number of hydrogen-bond donors (Lipinski definition) is 2. The second kappa shape index (κ2) is 7.35. The number of carboxylic acids is 1. The van der Waals surface area contributed by atoms with Crippen LogP contribution < -0.4 is 5.32 Å².